The maximum absolute atomic E-state index is 12.4. The molecule has 84 valence electrons. The Morgan fingerprint density at radius 2 is 2.25 bits per heavy atom. The van der Waals surface area contributed by atoms with Gasteiger partial charge in [0.2, 0.25) is 0 Å². The lowest BCUT2D eigenvalue weighted by atomic mass is 10.2. The molecule has 0 aromatic carbocycles. The number of rotatable bonds is 2. The van der Waals surface area contributed by atoms with Crippen molar-refractivity contribution in [1.29, 1.82) is 5.26 Å². The number of nitrogens with zero attached hydrogens (tertiary/aromatic N) is 1. The Balaban J connectivity index is 3.46. The van der Waals surface area contributed by atoms with Crippen molar-refractivity contribution in [2.75, 3.05) is 7.11 Å². The summed E-state index contributed by atoms with van der Waals surface area (Å²) in [6.07, 6.45) is -3.08. The molecule has 1 heterocycles. The Hall–Kier alpha value is -2.23. The van der Waals surface area contributed by atoms with Crippen LogP contribution in [0.25, 0.3) is 0 Å². The van der Waals surface area contributed by atoms with E-state index >= 15 is 0 Å². The van der Waals surface area contributed by atoms with Crippen LogP contribution < -0.4 is 5.43 Å². The standard InChI is InChI=1S/C9H6F2N2O3/c1-16-9(15)4-2-6(14)7(8(10)11)5(3-12)13-4/h2,8H,1H3,(H,13,14). The maximum Gasteiger partial charge on any atom is 0.354 e. The number of carbonyl (C=O) groups excluding carboxylic acids is 1. The Labute approximate surface area is 88.3 Å². The first kappa shape index (κ1) is 11.8. The third-order valence-corrected chi connectivity index (χ3v) is 1.81. The van der Waals surface area contributed by atoms with E-state index in [-0.39, 0.29) is 5.69 Å². The molecule has 0 aliphatic rings. The summed E-state index contributed by atoms with van der Waals surface area (Å²) in [4.78, 5) is 24.4. The second-order valence-corrected chi connectivity index (χ2v) is 2.74. The monoisotopic (exact) mass is 228 g/mol. The van der Waals surface area contributed by atoms with Crippen molar-refractivity contribution in [2.24, 2.45) is 0 Å². The van der Waals surface area contributed by atoms with E-state index in [2.05, 4.69) is 9.72 Å². The van der Waals surface area contributed by atoms with Gasteiger partial charge in [0.1, 0.15) is 17.5 Å². The van der Waals surface area contributed by atoms with Gasteiger partial charge >= 0.3 is 5.97 Å². The number of esters is 1. The van der Waals surface area contributed by atoms with E-state index in [1.165, 1.54) is 6.07 Å². The highest BCUT2D eigenvalue weighted by molar-refractivity contribution is 5.87. The number of methoxy groups -OCH3 is 1. The third-order valence-electron chi connectivity index (χ3n) is 1.81. The molecule has 0 fully saturated rings. The highest BCUT2D eigenvalue weighted by Gasteiger charge is 2.20. The summed E-state index contributed by atoms with van der Waals surface area (Å²) < 4.78 is 29.1. The lowest BCUT2D eigenvalue weighted by molar-refractivity contribution is 0.0593. The number of ether oxygens (including phenoxy) is 1. The van der Waals surface area contributed by atoms with Gasteiger partial charge in [0.05, 0.1) is 12.7 Å². The van der Waals surface area contributed by atoms with Crippen molar-refractivity contribution < 1.29 is 18.3 Å². The number of H-pyrrole nitrogens is 1. The number of carbonyl (C=O) groups is 1. The zero-order valence-corrected chi connectivity index (χ0v) is 8.08. The topological polar surface area (TPSA) is 82.9 Å². The predicted molar refractivity (Wildman–Crippen MR) is 48.1 cm³/mol. The van der Waals surface area contributed by atoms with Gasteiger partial charge in [-0.3, -0.25) is 4.79 Å². The van der Waals surface area contributed by atoms with E-state index in [0.29, 0.717) is 6.07 Å². The van der Waals surface area contributed by atoms with Crippen molar-refractivity contribution in [3.05, 3.63) is 33.2 Å². The molecule has 5 nitrogen and oxygen atoms in total. The number of hydrogen-bond acceptors (Lipinski definition) is 4. The number of halogens is 2. The van der Waals surface area contributed by atoms with Crippen LogP contribution in [0, 0.1) is 11.3 Å². The molecule has 0 spiro atoms. The van der Waals surface area contributed by atoms with Gasteiger partial charge in [0.15, 0.2) is 5.43 Å². The van der Waals surface area contributed by atoms with Gasteiger partial charge in [-0.05, 0) is 0 Å². The van der Waals surface area contributed by atoms with Crippen molar-refractivity contribution >= 4 is 5.97 Å². The zero-order valence-electron chi connectivity index (χ0n) is 8.08. The molecule has 0 aliphatic heterocycles. The Kier molecular flexibility index (Phi) is 3.35. The van der Waals surface area contributed by atoms with Crippen LogP contribution in [0.15, 0.2) is 10.9 Å². The molecule has 7 heteroatoms. The fraction of sp³-hybridized carbons (Fsp3) is 0.222. The van der Waals surface area contributed by atoms with Crippen LogP contribution in [-0.2, 0) is 4.74 Å². The molecule has 1 N–H and O–H groups in total. The van der Waals surface area contributed by atoms with Gasteiger partial charge in [-0.15, -0.1) is 0 Å². The number of hydrogen-bond donors (Lipinski definition) is 1. The number of alkyl halides is 2. The lowest BCUT2D eigenvalue weighted by Gasteiger charge is -2.04. The zero-order chi connectivity index (χ0) is 12.3. The highest BCUT2D eigenvalue weighted by atomic mass is 19.3. The van der Waals surface area contributed by atoms with Gasteiger partial charge < -0.3 is 9.72 Å². The number of aromatic amines is 1. The maximum atomic E-state index is 12.4. The predicted octanol–water partition coefficient (Wildman–Crippen LogP) is 0.971. The first-order valence-corrected chi connectivity index (χ1v) is 4.05. The molecule has 0 radical (unpaired) electrons. The summed E-state index contributed by atoms with van der Waals surface area (Å²) in [5.74, 6) is -0.908. The number of pyridine rings is 1. The van der Waals surface area contributed by atoms with Crippen LogP contribution in [-0.4, -0.2) is 18.1 Å². The minimum atomic E-state index is -3.08. The van der Waals surface area contributed by atoms with Crippen LogP contribution in [0.5, 0.6) is 0 Å². The summed E-state index contributed by atoms with van der Waals surface area (Å²) in [5.41, 5.74) is -3.00. The van der Waals surface area contributed by atoms with E-state index in [4.69, 9.17) is 5.26 Å². The summed E-state index contributed by atoms with van der Waals surface area (Å²) >= 11 is 0. The molecule has 0 aliphatic carbocycles. The van der Waals surface area contributed by atoms with Crippen LogP contribution in [0.3, 0.4) is 0 Å². The van der Waals surface area contributed by atoms with Gasteiger partial charge in [-0.25, -0.2) is 13.6 Å². The van der Waals surface area contributed by atoms with Gasteiger partial charge in [-0.2, -0.15) is 5.26 Å². The average Bonchev–Trinajstić information content (AvgIpc) is 2.26. The van der Waals surface area contributed by atoms with Crippen LogP contribution in [0.1, 0.15) is 28.2 Å². The minimum absolute atomic E-state index is 0.339. The molecule has 16 heavy (non-hydrogen) atoms. The highest BCUT2D eigenvalue weighted by Crippen LogP contribution is 2.17. The van der Waals surface area contributed by atoms with E-state index in [1.807, 2.05) is 0 Å². The van der Waals surface area contributed by atoms with E-state index in [1.54, 1.807) is 0 Å². The second kappa shape index (κ2) is 4.53. The molecular weight excluding hydrogens is 222 g/mol. The fourth-order valence-corrected chi connectivity index (χ4v) is 1.09. The van der Waals surface area contributed by atoms with Crippen molar-refractivity contribution in [2.45, 2.75) is 6.43 Å². The van der Waals surface area contributed by atoms with E-state index in [9.17, 15) is 18.4 Å². The summed E-state index contributed by atoms with van der Waals surface area (Å²) in [6.45, 7) is 0. The Morgan fingerprint density at radius 1 is 1.62 bits per heavy atom. The van der Waals surface area contributed by atoms with Crippen molar-refractivity contribution in [1.82, 2.24) is 4.98 Å². The molecule has 1 aromatic rings. The molecule has 0 bridgehead atoms. The summed E-state index contributed by atoms with van der Waals surface area (Å²) in [6, 6.07) is 2.07. The number of nitriles is 1. The second-order valence-electron chi connectivity index (χ2n) is 2.74. The molecule has 0 saturated heterocycles. The average molecular weight is 228 g/mol. The van der Waals surface area contributed by atoms with Gasteiger partial charge in [-0.1, -0.05) is 0 Å². The third kappa shape index (κ3) is 2.06. The molecular formula is C9H6F2N2O3. The lowest BCUT2D eigenvalue weighted by Crippen LogP contribution is -2.17. The molecule has 0 unspecified atom stereocenters. The van der Waals surface area contributed by atoms with Gasteiger partial charge in [0, 0.05) is 6.07 Å². The van der Waals surface area contributed by atoms with E-state index in [0.717, 1.165) is 7.11 Å². The number of nitrogens with one attached hydrogen (secondary N) is 1. The molecule has 0 saturated carbocycles. The van der Waals surface area contributed by atoms with Crippen LogP contribution in [0.2, 0.25) is 0 Å². The largest absolute Gasteiger partial charge is 0.464 e. The quantitative estimate of drug-likeness (QED) is 0.764. The van der Waals surface area contributed by atoms with E-state index < -0.39 is 29.1 Å². The molecule has 0 amide bonds. The SMILES string of the molecule is COC(=O)c1cc(=O)c(C(F)F)c(C#N)[nH]1. The fourth-order valence-electron chi connectivity index (χ4n) is 1.09. The van der Waals surface area contributed by atoms with Crippen molar-refractivity contribution in [3.8, 4) is 6.07 Å². The normalized spacial score (nSPS) is 9.94. The van der Waals surface area contributed by atoms with Crippen LogP contribution >= 0.6 is 0 Å². The minimum Gasteiger partial charge on any atom is -0.464 e. The Bertz CT molecular complexity index is 516. The molecule has 0 atom stereocenters. The molecule has 1 rings (SSSR count). The van der Waals surface area contributed by atoms with Crippen LogP contribution in [0.4, 0.5) is 8.78 Å². The first-order chi connectivity index (χ1) is 7.51. The summed E-state index contributed by atoms with van der Waals surface area (Å²) in [7, 11) is 1.06. The molecule has 1 aromatic heterocycles. The van der Waals surface area contributed by atoms with Crippen molar-refractivity contribution in [3.63, 3.8) is 0 Å². The van der Waals surface area contributed by atoms with Gasteiger partial charge in [0.25, 0.3) is 6.43 Å². The summed E-state index contributed by atoms with van der Waals surface area (Å²) in [5, 5.41) is 8.57. The first-order valence-electron chi connectivity index (χ1n) is 4.05. The Morgan fingerprint density at radius 3 is 2.69 bits per heavy atom. The number of aromatic nitrogens is 1. The smallest absolute Gasteiger partial charge is 0.354 e.